The fourth-order valence-corrected chi connectivity index (χ4v) is 3.37. The Morgan fingerprint density at radius 2 is 1.94 bits per heavy atom. The lowest BCUT2D eigenvalue weighted by Crippen LogP contribution is -2.39. The highest BCUT2D eigenvalue weighted by molar-refractivity contribution is 6.00. The summed E-state index contributed by atoms with van der Waals surface area (Å²) in [6, 6.07) is 0. The molecule has 7 nitrogen and oxygen atoms in total. The molecule has 0 aliphatic carbocycles. The van der Waals surface area contributed by atoms with Gasteiger partial charge < -0.3 is 15.4 Å². The van der Waals surface area contributed by atoms with Crippen LogP contribution in [0.4, 0.5) is 5.82 Å². The zero-order chi connectivity index (χ0) is 25.0. The van der Waals surface area contributed by atoms with Crippen molar-refractivity contribution in [3.8, 4) is 0 Å². The highest BCUT2D eigenvalue weighted by Gasteiger charge is 2.28. The summed E-state index contributed by atoms with van der Waals surface area (Å²) in [7, 11) is 1.67. The number of Topliss-reactive ketones (excluding diaryl/α,β-unsaturated/α-hetero) is 2. The number of hydrogen-bond acceptors (Lipinski definition) is 7. The van der Waals surface area contributed by atoms with Gasteiger partial charge in [-0.05, 0) is 38.1 Å². The van der Waals surface area contributed by atoms with Crippen molar-refractivity contribution < 1.29 is 14.3 Å². The molecule has 0 spiro atoms. The molecule has 33 heavy (non-hydrogen) atoms. The third kappa shape index (κ3) is 10.7. The number of anilines is 1. The average molecular weight is 463 g/mol. The maximum absolute atomic E-state index is 13.0. The molecule has 1 saturated heterocycles. The van der Waals surface area contributed by atoms with Gasteiger partial charge >= 0.3 is 0 Å². The van der Waals surface area contributed by atoms with Crippen molar-refractivity contribution in [2.75, 3.05) is 38.7 Å². The van der Waals surface area contributed by atoms with Crippen molar-refractivity contribution >= 4 is 17.4 Å². The van der Waals surface area contributed by atoms with Crippen LogP contribution < -0.4 is 10.6 Å². The lowest BCUT2D eigenvalue weighted by Gasteiger charge is -2.28. The van der Waals surface area contributed by atoms with Crippen LogP contribution >= 0.6 is 0 Å². The molecule has 1 aliphatic rings. The first kappa shape index (κ1) is 29.2. The monoisotopic (exact) mass is 462 g/mol. The lowest BCUT2D eigenvalue weighted by molar-refractivity contribution is -0.121. The summed E-state index contributed by atoms with van der Waals surface area (Å²) in [4.78, 5) is 33.8. The Kier molecular flexibility index (Phi) is 12.7. The third-order valence-corrected chi connectivity index (χ3v) is 5.88. The molecule has 1 aromatic heterocycles. The fraction of sp³-hybridized carbons (Fsp3) is 0.769. The van der Waals surface area contributed by atoms with E-state index < -0.39 is 0 Å². The minimum Gasteiger partial charge on any atom is -0.385 e. The molecule has 0 amide bonds. The summed E-state index contributed by atoms with van der Waals surface area (Å²) in [6.45, 7) is 17.2. The van der Waals surface area contributed by atoms with Crippen molar-refractivity contribution in [1.29, 1.82) is 0 Å². The summed E-state index contributed by atoms with van der Waals surface area (Å²) in [6.07, 6.45) is 4.92. The van der Waals surface area contributed by atoms with E-state index in [-0.39, 0.29) is 28.8 Å². The predicted molar refractivity (Wildman–Crippen MR) is 135 cm³/mol. The first-order chi connectivity index (χ1) is 15.5. The number of rotatable bonds is 10. The van der Waals surface area contributed by atoms with Crippen LogP contribution in [-0.2, 0) is 14.9 Å². The van der Waals surface area contributed by atoms with Gasteiger partial charge in [0.2, 0.25) is 0 Å². The van der Waals surface area contributed by atoms with Crippen LogP contribution in [0.25, 0.3) is 0 Å². The van der Waals surface area contributed by atoms with Gasteiger partial charge in [0.05, 0.1) is 5.56 Å². The van der Waals surface area contributed by atoms with Gasteiger partial charge in [-0.25, -0.2) is 9.97 Å². The molecule has 1 aliphatic heterocycles. The van der Waals surface area contributed by atoms with Crippen molar-refractivity contribution in [2.24, 2.45) is 17.8 Å². The Labute approximate surface area is 200 Å². The summed E-state index contributed by atoms with van der Waals surface area (Å²) in [5.74, 6) is 2.53. The number of carbonyl (C=O) groups excluding carboxylic acids is 2. The molecule has 2 heterocycles. The van der Waals surface area contributed by atoms with Gasteiger partial charge in [-0.1, -0.05) is 48.0 Å². The second-order valence-electron chi connectivity index (χ2n) is 10.5. The number of carbonyl (C=O) groups is 2. The van der Waals surface area contributed by atoms with E-state index in [4.69, 9.17) is 4.74 Å². The lowest BCUT2D eigenvalue weighted by atomic mass is 9.84. The second kappa shape index (κ2) is 14.4. The van der Waals surface area contributed by atoms with Gasteiger partial charge in [0.25, 0.3) is 0 Å². The summed E-state index contributed by atoms with van der Waals surface area (Å²) in [5.41, 5.74) is 0.322. The number of methoxy groups -OCH3 is 1. The Morgan fingerprint density at radius 3 is 2.48 bits per heavy atom. The van der Waals surface area contributed by atoms with Crippen molar-refractivity contribution in [3.05, 3.63) is 17.6 Å². The number of aromatic nitrogens is 2. The number of nitrogens with one attached hydrogen (secondary N) is 2. The van der Waals surface area contributed by atoms with Crippen LogP contribution in [0.2, 0.25) is 0 Å². The zero-order valence-corrected chi connectivity index (χ0v) is 22.1. The van der Waals surface area contributed by atoms with Crippen LogP contribution in [0.1, 0.15) is 90.3 Å². The molecule has 0 aromatic carbocycles. The molecule has 0 radical (unpaired) electrons. The van der Waals surface area contributed by atoms with Gasteiger partial charge in [-0.2, -0.15) is 0 Å². The Morgan fingerprint density at radius 1 is 1.27 bits per heavy atom. The quantitative estimate of drug-likeness (QED) is 0.386. The molecule has 0 saturated carbocycles. The zero-order valence-electron chi connectivity index (χ0n) is 22.1. The minimum atomic E-state index is -0.202. The van der Waals surface area contributed by atoms with E-state index in [2.05, 4.69) is 41.4 Å². The van der Waals surface area contributed by atoms with Crippen LogP contribution in [0.3, 0.4) is 0 Å². The van der Waals surface area contributed by atoms with Crippen LogP contribution in [0, 0.1) is 17.8 Å². The topological polar surface area (TPSA) is 93.2 Å². The van der Waals surface area contributed by atoms with E-state index in [1.54, 1.807) is 20.2 Å². The standard InChI is InChI=1S/C21H34N4O3.C5H12/c1-14(26)16-9-15(11-22-12-16)10-18(27)17-13-24-20(21(2,3)4)25-19(17)23-7-6-8-28-5;1-4-5(2)3/h13,15-16,22H,6-12H2,1-5H3,(H,23,24,25);5H,4H2,1-3H3. The molecule has 188 valence electrons. The van der Waals surface area contributed by atoms with E-state index in [0.717, 1.165) is 25.3 Å². The maximum Gasteiger partial charge on any atom is 0.168 e. The van der Waals surface area contributed by atoms with E-state index in [9.17, 15) is 9.59 Å². The van der Waals surface area contributed by atoms with E-state index in [1.165, 1.54) is 6.42 Å². The highest BCUT2D eigenvalue weighted by Crippen LogP contribution is 2.26. The summed E-state index contributed by atoms with van der Waals surface area (Å²) >= 11 is 0. The number of nitrogens with zero attached hydrogens (tertiary/aromatic N) is 2. The normalized spacial score (nSPS) is 18.5. The summed E-state index contributed by atoms with van der Waals surface area (Å²) in [5, 5.41) is 6.57. The van der Waals surface area contributed by atoms with Crippen molar-refractivity contribution in [1.82, 2.24) is 15.3 Å². The Balaban J connectivity index is 0.000000981. The van der Waals surface area contributed by atoms with Crippen molar-refractivity contribution in [2.45, 2.75) is 79.6 Å². The molecular weight excluding hydrogens is 416 g/mol. The van der Waals surface area contributed by atoms with Gasteiger partial charge in [0.15, 0.2) is 5.78 Å². The molecule has 2 unspecified atom stereocenters. The minimum absolute atomic E-state index is 0.00212. The van der Waals surface area contributed by atoms with Gasteiger partial charge in [-0.15, -0.1) is 0 Å². The Bertz CT molecular complexity index is 744. The smallest absolute Gasteiger partial charge is 0.168 e. The predicted octanol–water partition coefficient (Wildman–Crippen LogP) is 4.66. The number of piperidine rings is 1. The van der Waals surface area contributed by atoms with E-state index >= 15 is 0 Å². The third-order valence-electron chi connectivity index (χ3n) is 5.88. The molecule has 2 rings (SSSR count). The molecule has 1 aromatic rings. The molecular formula is C26H46N4O3. The molecule has 2 N–H and O–H groups in total. The molecule has 1 fully saturated rings. The number of hydrogen-bond donors (Lipinski definition) is 2. The Hall–Kier alpha value is -1.86. The highest BCUT2D eigenvalue weighted by atomic mass is 16.5. The first-order valence-electron chi connectivity index (χ1n) is 12.3. The molecule has 7 heteroatoms. The second-order valence-corrected chi connectivity index (χ2v) is 10.5. The van der Waals surface area contributed by atoms with Crippen LogP contribution in [0.15, 0.2) is 6.20 Å². The molecule has 2 atom stereocenters. The SMILES string of the molecule is CCC(C)C.COCCCNc1nc(C(C)(C)C)ncc1C(=O)CC1CNCC(C(C)=O)C1. The van der Waals surface area contributed by atoms with Crippen molar-refractivity contribution in [3.63, 3.8) is 0 Å². The van der Waals surface area contributed by atoms with E-state index in [0.29, 0.717) is 43.3 Å². The molecule has 0 bridgehead atoms. The van der Waals surface area contributed by atoms with E-state index in [1.807, 2.05) is 20.8 Å². The maximum atomic E-state index is 13.0. The van der Waals surface area contributed by atoms with Gasteiger partial charge in [0, 0.05) is 50.8 Å². The first-order valence-corrected chi connectivity index (χ1v) is 12.3. The fourth-order valence-electron chi connectivity index (χ4n) is 3.37. The van der Waals surface area contributed by atoms with Gasteiger partial charge in [0.1, 0.15) is 17.4 Å². The average Bonchev–Trinajstić information content (AvgIpc) is 2.76. The van der Waals surface area contributed by atoms with Gasteiger partial charge in [-0.3, -0.25) is 9.59 Å². The largest absolute Gasteiger partial charge is 0.385 e. The van der Waals surface area contributed by atoms with Crippen LogP contribution in [0.5, 0.6) is 0 Å². The number of ether oxygens (including phenoxy) is 1. The summed E-state index contributed by atoms with van der Waals surface area (Å²) < 4.78 is 5.09. The van der Waals surface area contributed by atoms with Crippen LogP contribution in [-0.4, -0.2) is 54.9 Å². The number of ketones is 2.